The number of carboxylic acid groups (broad SMARTS) is 1. The maximum Gasteiger partial charge on any atom is 0.312 e. The highest BCUT2D eigenvalue weighted by atomic mass is 16.4. The minimum absolute atomic E-state index is 0.521. The van der Waals surface area contributed by atoms with E-state index in [2.05, 4.69) is 10.2 Å². The first-order valence-electron chi connectivity index (χ1n) is 3.74. The van der Waals surface area contributed by atoms with E-state index in [0.717, 1.165) is 0 Å². The van der Waals surface area contributed by atoms with Gasteiger partial charge in [-0.05, 0) is 6.42 Å². The second-order valence-corrected chi connectivity index (χ2v) is 2.56. The maximum absolute atomic E-state index is 10.7. The zero-order chi connectivity index (χ0) is 9.14. The van der Waals surface area contributed by atoms with Crippen molar-refractivity contribution in [2.24, 2.45) is 7.05 Å². The fourth-order valence-corrected chi connectivity index (χ4v) is 1.03. The van der Waals surface area contributed by atoms with Crippen LogP contribution in [0.25, 0.3) is 0 Å². The van der Waals surface area contributed by atoms with Crippen LogP contribution in [0.1, 0.15) is 25.0 Å². The molecule has 0 bridgehead atoms. The number of aromatic nitrogens is 3. The zero-order valence-electron chi connectivity index (χ0n) is 7.06. The standard InChI is InChI=1S/C7H11N3O2/c1-3-5(7(11)12)6-4-8-10(2)9-6/h4-5H,3H2,1-2H3,(H,11,12). The van der Waals surface area contributed by atoms with Crippen molar-refractivity contribution in [1.29, 1.82) is 0 Å². The maximum atomic E-state index is 10.7. The molecule has 0 spiro atoms. The summed E-state index contributed by atoms with van der Waals surface area (Å²) in [5.41, 5.74) is 0.521. The molecule has 0 aliphatic rings. The number of aryl methyl sites for hydroxylation is 1. The smallest absolute Gasteiger partial charge is 0.312 e. The molecule has 5 heteroatoms. The molecule has 0 aliphatic carbocycles. The summed E-state index contributed by atoms with van der Waals surface area (Å²) in [7, 11) is 1.66. The third kappa shape index (κ3) is 1.61. The quantitative estimate of drug-likeness (QED) is 0.710. The van der Waals surface area contributed by atoms with Crippen molar-refractivity contribution < 1.29 is 9.90 Å². The zero-order valence-corrected chi connectivity index (χ0v) is 7.06. The lowest BCUT2D eigenvalue weighted by molar-refractivity contribution is -0.138. The number of carboxylic acids is 1. The van der Waals surface area contributed by atoms with Gasteiger partial charge in [0.1, 0.15) is 5.92 Å². The Morgan fingerprint density at radius 3 is 2.83 bits per heavy atom. The van der Waals surface area contributed by atoms with Crippen molar-refractivity contribution in [2.75, 3.05) is 0 Å². The highest BCUT2D eigenvalue weighted by molar-refractivity contribution is 5.75. The van der Waals surface area contributed by atoms with Crippen LogP contribution >= 0.6 is 0 Å². The Morgan fingerprint density at radius 2 is 2.50 bits per heavy atom. The summed E-state index contributed by atoms with van der Waals surface area (Å²) in [5, 5.41) is 16.5. The van der Waals surface area contributed by atoms with E-state index in [0.29, 0.717) is 12.1 Å². The first-order chi connectivity index (χ1) is 5.65. The Hall–Kier alpha value is -1.39. The van der Waals surface area contributed by atoms with Gasteiger partial charge < -0.3 is 5.11 Å². The fraction of sp³-hybridized carbons (Fsp3) is 0.571. The molecule has 0 fully saturated rings. The lowest BCUT2D eigenvalue weighted by atomic mass is 10.0. The third-order valence-electron chi connectivity index (χ3n) is 1.68. The van der Waals surface area contributed by atoms with Crippen LogP contribution in [0.2, 0.25) is 0 Å². The van der Waals surface area contributed by atoms with E-state index in [-0.39, 0.29) is 0 Å². The van der Waals surface area contributed by atoms with E-state index >= 15 is 0 Å². The Bertz CT molecular complexity index is 282. The number of nitrogens with zero attached hydrogens (tertiary/aromatic N) is 3. The van der Waals surface area contributed by atoms with Gasteiger partial charge in [0.15, 0.2) is 0 Å². The molecular weight excluding hydrogens is 158 g/mol. The van der Waals surface area contributed by atoms with Crippen LogP contribution in [-0.4, -0.2) is 26.1 Å². The molecule has 0 saturated heterocycles. The van der Waals surface area contributed by atoms with Crippen LogP contribution in [0.15, 0.2) is 6.20 Å². The second-order valence-electron chi connectivity index (χ2n) is 2.56. The molecule has 0 radical (unpaired) electrons. The van der Waals surface area contributed by atoms with Crippen LogP contribution in [0.5, 0.6) is 0 Å². The number of aliphatic carboxylic acids is 1. The predicted octanol–water partition coefficient (Wildman–Crippen LogP) is 0.393. The van der Waals surface area contributed by atoms with Gasteiger partial charge in [-0.15, -0.1) is 0 Å². The number of hydrogen-bond donors (Lipinski definition) is 1. The third-order valence-corrected chi connectivity index (χ3v) is 1.68. The Kier molecular flexibility index (Phi) is 2.42. The van der Waals surface area contributed by atoms with Gasteiger partial charge in [-0.1, -0.05) is 6.92 Å². The molecule has 5 nitrogen and oxygen atoms in total. The van der Waals surface area contributed by atoms with E-state index in [9.17, 15) is 4.79 Å². The highest BCUT2D eigenvalue weighted by Crippen LogP contribution is 2.15. The van der Waals surface area contributed by atoms with Crippen molar-refractivity contribution >= 4 is 5.97 Å². The van der Waals surface area contributed by atoms with Crippen molar-refractivity contribution in [3.63, 3.8) is 0 Å². The molecule has 1 heterocycles. The summed E-state index contributed by atoms with van der Waals surface area (Å²) in [6, 6.07) is 0. The van der Waals surface area contributed by atoms with Gasteiger partial charge in [0.05, 0.1) is 11.9 Å². The molecule has 12 heavy (non-hydrogen) atoms. The summed E-state index contributed by atoms with van der Waals surface area (Å²) >= 11 is 0. The molecular formula is C7H11N3O2. The lowest BCUT2D eigenvalue weighted by Crippen LogP contribution is -2.11. The van der Waals surface area contributed by atoms with Gasteiger partial charge in [-0.2, -0.15) is 15.0 Å². The highest BCUT2D eigenvalue weighted by Gasteiger charge is 2.20. The van der Waals surface area contributed by atoms with Crippen LogP contribution in [-0.2, 0) is 11.8 Å². The molecule has 0 saturated carbocycles. The molecule has 1 N–H and O–H groups in total. The minimum atomic E-state index is -0.849. The summed E-state index contributed by atoms with van der Waals surface area (Å²) in [6.45, 7) is 1.81. The molecule has 66 valence electrons. The Morgan fingerprint density at radius 1 is 1.83 bits per heavy atom. The second kappa shape index (κ2) is 3.34. The van der Waals surface area contributed by atoms with Crippen LogP contribution in [0.3, 0.4) is 0 Å². The van der Waals surface area contributed by atoms with Gasteiger partial charge in [0, 0.05) is 7.05 Å². The van der Waals surface area contributed by atoms with Gasteiger partial charge >= 0.3 is 5.97 Å². The van der Waals surface area contributed by atoms with Crippen molar-refractivity contribution in [2.45, 2.75) is 19.3 Å². The first kappa shape index (κ1) is 8.70. The number of hydrogen-bond acceptors (Lipinski definition) is 3. The largest absolute Gasteiger partial charge is 0.481 e. The summed E-state index contributed by atoms with van der Waals surface area (Å²) < 4.78 is 0. The van der Waals surface area contributed by atoms with E-state index in [4.69, 9.17) is 5.11 Å². The minimum Gasteiger partial charge on any atom is -0.481 e. The summed E-state index contributed by atoms with van der Waals surface area (Å²) in [5.74, 6) is -1.38. The van der Waals surface area contributed by atoms with Gasteiger partial charge in [0.25, 0.3) is 0 Å². The molecule has 1 rings (SSSR count). The Labute approximate surface area is 70.0 Å². The lowest BCUT2D eigenvalue weighted by Gasteiger charge is -2.03. The topological polar surface area (TPSA) is 68.0 Å². The number of rotatable bonds is 3. The SMILES string of the molecule is CCC(C(=O)O)c1cnn(C)n1. The molecule has 1 atom stereocenters. The van der Waals surface area contributed by atoms with Crippen LogP contribution in [0.4, 0.5) is 0 Å². The molecule has 1 aromatic heterocycles. The summed E-state index contributed by atoms with van der Waals surface area (Å²) in [4.78, 5) is 12.0. The van der Waals surface area contributed by atoms with Crippen molar-refractivity contribution in [3.05, 3.63) is 11.9 Å². The average molecular weight is 169 g/mol. The van der Waals surface area contributed by atoms with E-state index in [1.54, 1.807) is 7.05 Å². The average Bonchev–Trinajstić information content (AvgIpc) is 2.37. The van der Waals surface area contributed by atoms with Gasteiger partial charge in [-0.25, -0.2) is 0 Å². The van der Waals surface area contributed by atoms with E-state index in [1.165, 1.54) is 11.0 Å². The van der Waals surface area contributed by atoms with Gasteiger partial charge in [-0.3, -0.25) is 4.79 Å². The van der Waals surface area contributed by atoms with Crippen LogP contribution in [0, 0.1) is 0 Å². The molecule has 0 amide bonds. The molecule has 0 aromatic carbocycles. The van der Waals surface area contributed by atoms with Crippen LogP contribution < -0.4 is 0 Å². The first-order valence-corrected chi connectivity index (χ1v) is 3.74. The normalized spacial score (nSPS) is 12.8. The van der Waals surface area contributed by atoms with Gasteiger partial charge in [0.2, 0.25) is 0 Å². The van der Waals surface area contributed by atoms with E-state index in [1.807, 2.05) is 6.92 Å². The molecule has 1 unspecified atom stereocenters. The molecule has 0 aliphatic heterocycles. The van der Waals surface area contributed by atoms with Crippen molar-refractivity contribution in [1.82, 2.24) is 15.0 Å². The van der Waals surface area contributed by atoms with Crippen molar-refractivity contribution in [3.8, 4) is 0 Å². The predicted molar refractivity (Wildman–Crippen MR) is 41.7 cm³/mol. The molecule has 1 aromatic rings. The fourth-order valence-electron chi connectivity index (χ4n) is 1.03. The van der Waals surface area contributed by atoms with E-state index < -0.39 is 11.9 Å². The monoisotopic (exact) mass is 169 g/mol. The number of carbonyl (C=O) groups is 1. The Balaban J connectivity index is 2.87. The summed E-state index contributed by atoms with van der Waals surface area (Å²) in [6.07, 6.45) is 2.02.